The maximum Gasteiger partial charge on any atom is 0.276 e. The first-order valence-corrected chi connectivity index (χ1v) is 6.68. The van der Waals surface area contributed by atoms with Crippen LogP contribution >= 0.6 is 0 Å². The summed E-state index contributed by atoms with van der Waals surface area (Å²) in [6, 6.07) is 14.0. The lowest BCUT2D eigenvalue weighted by Crippen LogP contribution is -2.02. The van der Waals surface area contributed by atoms with Gasteiger partial charge in [-0.25, -0.2) is 4.98 Å². The largest absolute Gasteiger partial charge is 0.486 e. The van der Waals surface area contributed by atoms with E-state index in [1.165, 1.54) is 6.07 Å². The number of nitro benzene ring substituents is 1. The van der Waals surface area contributed by atoms with Crippen molar-refractivity contribution in [3.05, 3.63) is 82.9 Å². The molecule has 0 spiro atoms. The molecular weight excluding hydrogens is 282 g/mol. The van der Waals surface area contributed by atoms with Crippen molar-refractivity contribution in [1.82, 2.24) is 9.55 Å². The Morgan fingerprint density at radius 3 is 2.68 bits per heavy atom. The van der Waals surface area contributed by atoms with Crippen molar-refractivity contribution in [2.75, 3.05) is 0 Å². The Labute approximate surface area is 126 Å². The Balaban J connectivity index is 1.85. The molecule has 0 saturated heterocycles. The quantitative estimate of drug-likeness (QED) is 0.534. The molecule has 2 aromatic carbocycles. The van der Waals surface area contributed by atoms with Crippen molar-refractivity contribution in [3.8, 4) is 11.4 Å². The van der Waals surface area contributed by atoms with Crippen molar-refractivity contribution >= 4 is 5.69 Å². The number of nitrogens with zero attached hydrogens (tertiary/aromatic N) is 3. The molecule has 3 rings (SSSR count). The summed E-state index contributed by atoms with van der Waals surface area (Å²) < 4.78 is 7.61. The van der Waals surface area contributed by atoms with Gasteiger partial charge in [-0.1, -0.05) is 24.3 Å². The lowest BCUT2D eigenvalue weighted by atomic mass is 10.2. The highest BCUT2D eigenvalue weighted by Gasteiger charge is 2.13. The second-order valence-corrected chi connectivity index (χ2v) is 4.61. The average Bonchev–Trinajstić information content (AvgIpc) is 3.07. The number of hydrogen-bond donors (Lipinski definition) is 0. The second-order valence-electron chi connectivity index (χ2n) is 4.61. The van der Waals surface area contributed by atoms with Crippen LogP contribution in [0.3, 0.4) is 0 Å². The Hall–Kier alpha value is -3.15. The lowest BCUT2D eigenvalue weighted by Gasteiger charge is -2.12. The van der Waals surface area contributed by atoms with E-state index in [0.29, 0.717) is 11.3 Å². The normalized spacial score (nSPS) is 10.4. The number of benzene rings is 2. The maximum absolute atomic E-state index is 11.0. The van der Waals surface area contributed by atoms with Crippen LogP contribution in [0.25, 0.3) is 5.69 Å². The first-order valence-electron chi connectivity index (χ1n) is 6.68. The molecule has 22 heavy (non-hydrogen) atoms. The Morgan fingerprint density at radius 2 is 1.91 bits per heavy atom. The van der Waals surface area contributed by atoms with Gasteiger partial charge in [0.15, 0.2) is 0 Å². The van der Waals surface area contributed by atoms with E-state index in [1.54, 1.807) is 30.7 Å². The van der Waals surface area contributed by atoms with E-state index in [9.17, 15) is 10.1 Å². The number of ether oxygens (including phenoxy) is 1. The molecule has 1 heterocycles. The van der Waals surface area contributed by atoms with E-state index in [-0.39, 0.29) is 12.3 Å². The standard InChI is InChI=1S/C16H13N3O3/c20-19(21)14-6-2-1-5-13(14)11-22-16-8-4-3-7-15(16)18-10-9-17-12-18/h1-10,12H,11H2. The van der Waals surface area contributed by atoms with Gasteiger partial charge < -0.3 is 9.30 Å². The van der Waals surface area contributed by atoms with Gasteiger partial charge in [0.1, 0.15) is 12.4 Å². The van der Waals surface area contributed by atoms with Crippen molar-refractivity contribution in [3.63, 3.8) is 0 Å². The summed E-state index contributed by atoms with van der Waals surface area (Å²) in [5.41, 5.74) is 1.43. The predicted octanol–water partition coefficient (Wildman–Crippen LogP) is 3.36. The third-order valence-corrected chi connectivity index (χ3v) is 3.22. The van der Waals surface area contributed by atoms with Crippen molar-refractivity contribution in [2.24, 2.45) is 0 Å². The second kappa shape index (κ2) is 6.09. The third kappa shape index (κ3) is 2.80. The first kappa shape index (κ1) is 13.8. The molecule has 1 aromatic heterocycles. The molecule has 3 aromatic rings. The molecule has 110 valence electrons. The van der Waals surface area contributed by atoms with Crippen molar-refractivity contribution in [1.29, 1.82) is 0 Å². The SMILES string of the molecule is O=[N+]([O-])c1ccccc1COc1ccccc1-n1ccnc1. The van der Waals surface area contributed by atoms with E-state index >= 15 is 0 Å². The average molecular weight is 295 g/mol. The molecule has 0 N–H and O–H groups in total. The van der Waals surface area contributed by atoms with Gasteiger partial charge in [0.25, 0.3) is 5.69 Å². The molecule has 0 unspecified atom stereocenters. The number of hydrogen-bond acceptors (Lipinski definition) is 4. The molecular formula is C16H13N3O3. The Morgan fingerprint density at radius 1 is 1.14 bits per heavy atom. The van der Waals surface area contributed by atoms with Crippen LogP contribution in [-0.4, -0.2) is 14.5 Å². The molecule has 0 aliphatic heterocycles. The molecule has 6 heteroatoms. The zero-order chi connectivity index (χ0) is 15.4. The number of imidazole rings is 1. The van der Waals surface area contributed by atoms with E-state index in [2.05, 4.69) is 4.98 Å². The van der Waals surface area contributed by atoms with Gasteiger partial charge in [0, 0.05) is 18.5 Å². The van der Waals surface area contributed by atoms with E-state index in [4.69, 9.17) is 4.74 Å². The van der Waals surface area contributed by atoms with Crippen LogP contribution in [0.15, 0.2) is 67.3 Å². The summed E-state index contributed by atoms with van der Waals surface area (Å²) in [4.78, 5) is 14.6. The zero-order valence-corrected chi connectivity index (χ0v) is 11.6. The fraction of sp³-hybridized carbons (Fsp3) is 0.0625. The molecule has 0 radical (unpaired) electrons. The minimum Gasteiger partial charge on any atom is -0.486 e. The number of rotatable bonds is 5. The molecule has 0 aliphatic rings. The smallest absolute Gasteiger partial charge is 0.276 e. The van der Waals surface area contributed by atoms with Gasteiger partial charge in [-0.3, -0.25) is 10.1 Å². The number of nitro groups is 1. The monoisotopic (exact) mass is 295 g/mol. The Kier molecular flexibility index (Phi) is 3.82. The van der Waals surface area contributed by atoms with Crippen LogP contribution in [0.4, 0.5) is 5.69 Å². The Bertz CT molecular complexity index is 785. The summed E-state index contributed by atoms with van der Waals surface area (Å²) in [5.74, 6) is 0.638. The molecule has 0 bridgehead atoms. The number of aromatic nitrogens is 2. The van der Waals surface area contributed by atoms with Crippen molar-refractivity contribution < 1.29 is 9.66 Å². The van der Waals surface area contributed by atoms with Crippen LogP contribution < -0.4 is 4.74 Å². The molecule has 0 saturated carbocycles. The highest BCUT2D eigenvalue weighted by Crippen LogP contribution is 2.25. The lowest BCUT2D eigenvalue weighted by molar-refractivity contribution is -0.385. The highest BCUT2D eigenvalue weighted by molar-refractivity contribution is 5.47. The van der Waals surface area contributed by atoms with Crippen LogP contribution in [-0.2, 0) is 6.61 Å². The van der Waals surface area contributed by atoms with E-state index in [1.807, 2.05) is 35.0 Å². The van der Waals surface area contributed by atoms with Crippen molar-refractivity contribution in [2.45, 2.75) is 6.61 Å². The molecule has 6 nitrogen and oxygen atoms in total. The predicted molar refractivity (Wildman–Crippen MR) is 81.0 cm³/mol. The van der Waals surface area contributed by atoms with E-state index in [0.717, 1.165) is 5.69 Å². The maximum atomic E-state index is 11.0. The van der Waals surface area contributed by atoms with Gasteiger partial charge in [-0.2, -0.15) is 0 Å². The van der Waals surface area contributed by atoms with Gasteiger partial charge in [-0.15, -0.1) is 0 Å². The van der Waals surface area contributed by atoms with Crippen LogP contribution in [0.5, 0.6) is 5.75 Å². The molecule has 0 fully saturated rings. The molecule has 0 atom stereocenters. The first-order chi connectivity index (χ1) is 10.8. The van der Waals surface area contributed by atoms with Gasteiger partial charge >= 0.3 is 0 Å². The minimum atomic E-state index is -0.402. The third-order valence-electron chi connectivity index (χ3n) is 3.22. The summed E-state index contributed by atoms with van der Waals surface area (Å²) >= 11 is 0. The van der Waals surface area contributed by atoms with Crippen LogP contribution in [0, 0.1) is 10.1 Å². The van der Waals surface area contributed by atoms with E-state index < -0.39 is 4.92 Å². The summed E-state index contributed by atoms with van der Waals surface area (Å²) in [6.45, 7) is 0.128. The fourth-order valence-electron chi connectivity index (χ4n) is 2.16. The summed E-state index contributed by atoms with van der Waals surface area (Å²) in [5, 5.41) is 11.0. The highest BCUT2D eigenvalue weighted by atomic mass is 16.6. The molecule has 0 amide bonds. The van der Waals surface area contributed by atoms with Gasteiger partial charge in [0.05, 0.1) is 22.5 Å². The van der Waals surface area contributed by atoms with Gasteiger partial charge in [0.2, 0.25) is 0 Å². The fourth-order valence-corrected chi connectivity index (χ4v) is 2.16. The number of para-hydroxylation sites is 3. The topological polar surface area (TPSA) is 70.2 Å². The van der Waals surface area contributed by atoms with Crippen LogP contribution in [0.2, 0.25) is 0 Å². The minimum absolute atomic E-state index is 0.0580. The zero-order valence-electron chi connectivity index (χ0n) is 11.6. The summed E-state index contributed by atoms with van der Waals surface area (Å²) in [6.07, 6.45) is 5.17. The van der Waals surface area contributed by atoms with Gasteiger partial charge in [-0.05, 0) is 18.2 Å². The molecule has 0 aliphatic carbocycles. The summed E-state index contributed by atoms with van der Waals surface area (Å²) in [7, 11) is 0. The van der Waals surface area contributed by atoms with Crippen LogP contribution in [0.1, 0.15) is 5.56 Å².